The van der Waals surface area contributed by atoms with Crippen LogP contribution in [0.2, 0.25) is 0 Å². The highest BCUT2D eigenvalue weighted by atomic mass is 19.1. The highest BCUT2D eigenvalue weighted by molar-refractivity contribution is 5.76. The van der Waals surface area contributed by atoms with Gasteiger partial charge >= 0.3 is 0 Å². The van der Waals surface area contributed by atoms with E-state index in [2.05, 4.69) is 10.3 Å². The van der Waals surface area contributed by atoms with Crippen LogP contribution in [0.15, 0.2) is 28.8 Å². The molecule has 0 radical (unpaired) electrons. The summed E-state index contributed by atoms with van der Waals surface area (Å²) in [6.07, 6.45) is 2.61. The molecule has 1 amide bonds. The molecule has 0 saturated heterocycles. The van der Waals surface area contributed by atoms with E-state index < -0.39 is 11.6 Å². The van der Waals surface area contributed by atoms with E-state index in [-0.39, 0.29) is 42.1 Å². The normalized spacial score (nSPS) is 11.1. The standard InChI is InChI=1S/C18H22F2N2O3/c1-12(2)24-10-4-9-21-16(23)7-8-17-22-11-15(25-17)18-13(19)5-3-6-14(18)20/h3,5-6,11-12H,4,7-10H2,1-2H3,(H,21,23). The smallest absolute Gasteiger partial charge is 0.220 e. The van der Waals surface area contributed by atoms with Gasteiger partial charge in [0.1, 0.15) is 11.6 Å². The predicted molar refractivity (Wildman–Crippen MR) is 88.9 cm³/mol. The van der Waals surface area contributed by atoms with Gasteiger partial charge in [-0.15, -0.1) is 0 Å². The lowest BCUT2D eigenvalue weighted by Crippen LogP contribution is -2.25. The van der Waals surface area contributed by atoms with E-state index in [1.165, 1.54) is 12.3 Å². The molecule has 0 aliphatic rings. The van der Waals surface area contributed by atoms with Crippen molar-refractivity contribution in [1.29, 1.82) is 0 Å². The first-order chi connectivity index (χ1) is 12.0. The van der Waals surface area contributed by atoms with Gasteiger partial charge in [-0.3, -0.25) is 4.79 Å². The van der Waals surface area contributed by atoms with Crippen molar-refractivity contribution in [1.82, 2.24) is 10.3 Å². The highest BCUT2D eigenvalue weighted by Gasteiger charge is 2.16. The Kier molecular flexibility index (Phi) is 7.06. The molecule has 25 heavy (non-hydrogen) atoms. The second kappa shape index (κ2) is 9.27. The van der Waals surface area contributed by atoms with E-state index in [4.69, 9.17) is 9.15 Å². The summed E-state index contributed by atoms with van der Waals surface area (Å²) in [6.45, 7) is 5.03. The third-order valence-corrected chi connectivity index (χ3v) is 3.42. The molecule has 136 valence electrons. The number of ether oxygens (including phenoxy) is 1. The van der Waals surface area contributed by atoms with Crippen LogP contribution >= 0.6 is 0 Å². The molecule has 0 atom stereocenters. The van der Waals surface area contributed by atoms with Crippen LogP contribution in [-0.4, -0.2) is 30.1 Å². The molecule has 1 heterocycles. The van der Waals surface area contributed by atoms with Gasteiger partial charge in [0.25, 0.3) is 0 Å². The first-order valence-corrected chi connectivity index (χ1v) is 8.24. The quantitative estimate of drug-likeness (QED) is 0.702. The van der Waals surface area contributed by atoms with Crippen LogP contribution in [0.4, 0.5) is 8.78 Å². The summed E-state index contributed by atoms with van der Waals surface area (Å²) in [5, 5.41) is 2.77. The van der Waals surface area contributed by atoms with Crippen LogP contribution in [0, 0.1) is 11.6 Å². The van der Waals surface area contributed by atoms with Crippen molar-refractivity contribution in [2.45, 2.75) is 39.2 Å². The van der Waals surface area contributed by atoms with E-state index in [1.807, 2.05) is 13.8 Å². The number of rotatable bonds is 9. The van der Waals surface area contributed by atoms with Crippen molar-refractivity contribution < 1.29 is 22.7 Å². The molecule has 0 aliphatic carbocycles. The minimum atomic E-state index is -0.718. The molecular formula is C18H22F2N2O3. The van der Waals surface area contributed by atoms with Crippen molar-refractivity contribution in [2.75, 3.05) is 13.2 Å². The summed E-state index contributed by atoms with van der Waals surface area (Å²) in [6, 6.07) is 3.58. The van der Waals surface area contributed by atoms with Gasteiger partial charge in [0.15, 0.2) is 11.7 Å². The van der Waals surface area contributed by atoms with Crippen LogP contribution in [0.3, 0.4) is 0 Å². The second-order valence-corrected chi connectivity index (χ2v) is 5.84. The zero-order valence-electron chi connectivity index (χ0n) is 14.4. The molecule has 0 unspecified atom stereocenters. The molecule has 5 nitrogen and oxygen atoms in total. The zero-order valence-corrected chi connectivity index (χ0v) is 14.4. The first-order valence-electron chi connectivity index (χ1n) is 8.24. The van der Waals surface area contributed by atoms with Gasteiger partial charge in [-0.25, -0.2) is 13.8 Å². The Balaban J connectivity index is 1.79. The number of oxazole rings is 1. The number of amides is 1. The van der Waals surface area contributed by atoms with Gasteiger partial charge in [0, 0.05) is 26.0 Å². The molecule has 0 fully saturated rings. The molecule has 2 aromatic rings. The third-order valence-electron chi connectivity index (χ3n) is 3.42. The van der Waals surface area contributed by atoms with Crippen molar-refractivity contribution in [3.05, 3.63) is 41.9 Å². The lowest BCUT2D eigenvalue weighted by atomic mass is 10.1. The van der Waals surface area contributed by atoms with E-state index in [0.29, 0.717) is 13.2 Å². The van der Waals surface area contributed by atoms with E-state index in [0.717, 1.165) is 18.6 Å². The zero-order chi connectivity index (χ0) is 18.2. The lowest BCUT2D eigenvalue weighted by molar-refractivity contribution is -0.121. The molecule has 1 N–H and O–H groups in total. The maximum Gasteiger partial charge on any atom is 0.220 e. The fourth-order valence-electron chi connectivity index (χ4n) is 2.20. The summed E-state index contributed by atoms with van der Waals surface area (Å²) in [5.74, 6) is -1.30. The van der Waals surface area contributed by atoms with Crippen molar-refractivity contribution in [2.24, 2.45) is 0 Å². The maximum absolute atomic E-state index is 13.7. The largest absolute Gasteiger partial charge is 0.441 e. The molecule has 7 heteroatoms. The number of benzene rings is 1. The van der Waals surface area contributed by atoms with Gasteiger partial charge in [-0.2, -0.15) is 0 Å². The maximum atomic E-state index is 13.7. The number of carbonyl (C=O) groups excluding carboxylic acids is 1. The number of halogens is 2. The Morgan fingerprint density at radius 1 is 1.32 bits per heavy atom. The molecule has 0 bridgehead atoms. The highest BCUT2D eigenvalue weighted by Crippen LogP contribution is 2.26. The van der Waals surface area contributed by atoms with Crippen molar-refractivity contribution in [3.63, 3.8) is 0 Å². The number of hydrogen-bond acceptors (Lipinski definition) is 4. The second-order valence-electron chi connectivity index (χ2n) is 5.84. The van der Waals surface area contributed by atoms with Crippen LogP contribution < -0.4 is 5.32 Å². The Morgan fingerprint density at radius 2 is 2.04 bits per heavy atom. The van der Waals surface area contributed by atoms with Crippen molar-refractivity contribution in [3.8, 4) is 11.3 Å². The summed E-state index contributed by atoms with van der Waals surface area (Å²) in [7, 11) is 0. The fraction of sp³-hybridized carbons (Fsp3) is 0.444. The SMILES string of the molecule is CC(C)OCCCNC(=O)CCc1ncc(-c2c(F)cccc2F)o1. The van der Waals surface area contributed by atoms with Crippen LogP contribution in [0.1, 0.15) is 32.6 Å². The molecule has 0 aliphatic heterocycles. The molecule has 2 rings (SSSR count). The molecule has 0 saturated carbocycles. The number of hydrogen-bond donors (Lipinski definition) is 1. The Morgan fingerprint density at radius 3 is 2.72 bits per heavy atom. The summed E-state index contributed by atoms with van der Waals surface area (Å²) < 4.78 is 38.2. The van der Waals surface area contributed by atoms with Crippen molar-refractivity contribution >= 4 is 5.91 Å². The van der Waals surface area contributed by atoms with E-state index >= 15 is 0 Å². The Bertz CT molecular complexity index is 681. The van der Waals surface area contributed by atoms with Crippen LogP contribution in [-0.2, 0) is 16.0 Å². The monoisotopic (exact) mass is 352 g/mol. The average Bonchev–Trinajstić information content (AvgIpc) is 3.01. The number of aryl methyl sites for hydroxylation is 1. The van der Waals surface area contributed by atoms with Gasteiger partial charge < -0.3 is 14.5 Å². The van der Waals surface area contributed by atoms with Crippen LogP contribution in [0.25, 0.3) is 11.3 Å². The molecule has 1 aromatic heterocycles. The fourth-order valence-corrected chi connectivity index (χ4v) is 2.20. The average molecular weight is 352 g/mol. The Labute approximate surface area is 145 Å². The minimum absolute atomic E-state index is 0.0110. The first kappa shape index (κ1) is 19.1. The summed E-state index contributed by atoms with van der Waals surface area (Å²) >= 11 is 0. The summed E-state index contributed by atoms with van der Waals surface area (Å²) in [5.41, 5.74) is -0.254. The van der Waals surface area contributed by atoms with E-state index in [9.17, 15) is 13.6 Å². The van der Waals surface area contributed by atoms with Gasteiger partial charge in [0.05, 0.1) is 17.9 Å². The predicted octanol–water partition coefficient (Wildman–Crippen LogP) is 3.48. The number of nitrogens with one attached hydrogen (secondary N) is 1. The topological polar surface area (TPSA) is 64.4 Å². The number of carbonyl (C=O) groups is 1. The van der Waals surface area contributed by atoms with Gasteiger partial charge in [-0.1, -0.05) is 6.07 Å². The Hall–Kier alpha value is -2.28. The van der Waals surface area contributed by atoms with E-state index in [1.54, 1.807) is 0 Å². The minimum Gasteiger partial charge on any atom is -0.441 e. The summed E-state index contributed by atoms with van der Waals surface area (Å²) in [4.78, 5) is 15.7. The molecular weight excluding hydrogens is 330 g/mol. The molecule has 0 spiro atoms. The van der Waals surface area contributed by atoms with Crippen LogP contribution in [0.5, 0.6) is 0 Å². The number of aromatic nitrogens is 1. The van der Waals surface area contributed by atoms with Gasteiger partial charge in [-0.05, 0) is 32.4 Å². The molecule has 1 aromatic carbocycles. The lowest BCUT2D eigenvalue weighted by Gasteiger charge is -2.07. The number of nitrogens with zero attached hydrogens (tertiary/aromatic N) is 1. The third kappa shape index (κ3) is 5.94. The van der Waals surface area contributed by atoms with Gasteiger partial charge in [0.2, 0.25) is 5.91 Å².